The minimum absolute atomic E-state index is 0.107. The van der Waals surface area contributed by atoms with Gasteiger partial charge in [0.05, 0.1) is 0 Å². The Hall–Kier alpha value is -1.46. The van der Waals surface area contributed by atoms with Crippen LogP contribution in [-0.4, -0.2) is 23.6 Å². The van der Waals surface area contributed by atoms with Crippen LogP contribution in [0.1, 0.15) is 104 Å². The third-order valence-corrected chi connectivity index (χ3v) is 3.84. The summed E-state index contributed by atoms with van der Waals surface area (Å²) in [6, 6.07) is 0. The molecule has 0 aromatic heterocycles. The summed E-state index contributed by atoms with van der Waals surface area (Å²) in [5.41, 5.74) is 13.2. The fraction of sp³-hybridized carbons (Fsp3) is 0.895. The van der Waals surface area contributed by atoms with Gasteiger partial charge in [-0.3, -0.25) is 4.79 Å². The van der Waals surface area contributed by atoms with Gasteiger partial charge >= 0.3 is 5.97 Å². The van der Waals surface area contributed by atoms with Gasteiger partial charge in [-0.15, -0.1) is 5.10 Å². The third kappa shape index (κ3) is 30.9. The zero-order valence-corrected chi connectivity index (χ0v) is 16.6. The molecule has 0 radical (unpaired) electrons. The second kappa shape index (κ2) is 22.5. The number of carboxylic acids is 1. The quantitative estimate of drug-likeness (QED) is 0.142. The number of hydrogen-bond donors (Lipinski definition) is 4. The number of hydrazone groups is 1. The molecule has 0 aromatic carbocycles. The molecule has 0 aromatic rings. The normalized spacial score (nSPS) is 9.84. The highest BCUT2D eigenvalue weighted by atomic mass is 16.4. The Bertz CT molecular complexity index is 306. The number of aliphatic carboxylic acids is 1. The molecule has 0 spiro atoms. The van der Waals surface area contributed by atoms with Crippen LogP contribution in [0.5, 0.6) is 0 Å². The molecule has 6 N–H and O–H groups in total. The van der Waals surface area contributed by atoms with Crippen molar-refractivity contribution in [1.29, 1.82) is 0 Å². The first-order chi connectivity index (χ1) is 12.0. The Morgan fingerprint density at radius 2 is 1.24 bits per heavy atom. The Labute approximate surface area is 154 Å². The second-order valence-corrected chi connectivity index (χ2v) is 6.48. The van der Waals surface area contributed by atoms with Crippen LogP contribution in [0.3, 0.4) is 0 Å². The highest BCUT2D eigenvalue weighted by molar-refractivity contribution is 5.75. The topological polar surface area (TPSA) is 114 Å². The number of nitrogens with one attached hydrogen (secondary N) is 1. The zero-order valence-electron chi connectivity index (χ0n) is 16.6. The standard InChI is InChI=1S/C12H28N4.C7H14O2/c1-2-3-4-5-6-7-8-9-10-11-15-16-12(13)14;1-2-3-4-5-6-7(8)9/h15H,2-11H2,1H3,(H4,13,14,16);2-6H2,1H3,(H,8,9). The van der Waals surface area contributed by atoms with Crippen molar-refractivity contribution in [3.05, 3.63) is 0 Å². The fourth-order valence-corrected chi connectivity index (χ4v) is 2.36. The summed E-state index contributed by atoms with van der Waals surface area (Å²) < 4.78 is 0. The number of carbonyl (C=O) groups is 1. The number of nitrogens with two attached hydrogens (primary N) is 2. The number of carboxylic acid groups (broad SMARTS) is 1. The molecule has 0 fully saturated rings. The summed E-state index contributed by atoms with van der Waals surface area (Å²) >= 11 is 0. The van der Waals surface area contributed by atoms with E-state index in [1.165, 1.54) is 57.8 Å². The third-order valence-electron chi connectivity index (χ3n) is 3.84. The van der Waals surface area contributed by atoms with Crippen LogP contribution in [0, 0.1) is 0 Å². The van der Waals surface area contributed by atoms with Crippen LogP contribution in [0.4, 0.5) is 0 Å². The van der Waals surface area contributed by atoms with Crippen molar-refractivity contribution in [1.82, 2.24) is 5.43 Å². The Balaban J connectivity index is 0. The molecule has 0 atom stereocenters. The van der Waals surface area contributed by atoms with E-state index in [2.05, 4.69) is 24.4 Å². The molecule has 0 heterocycles. The first-order valence-corrected chi connectivity index (χ1v) is 10.1. The van der Waals surface area contributed by atoms with Crippen LogP contribution in [0.15, 0.2) is 5.10 Å². The summed E-state index contributed by atoms with van der Waals surface area (Å²) in [6.07, 6.45) is 16.6. The molecule has 0 unspecified atom stereocenters. The van der Waals surface area contributed by atoms with Gasteiger partial charge < -0.3 is 22.0 Å². The molecule has 0 aliphatic rings. The van der Waals surface area contributed by atoms with Gasteiger partial charge in [0.2, 0.25) is 5.96 Å². The van der Waals surface area contributed by atoms with E-state index in [-0.39, 0.29) is 5.96 Å². The van der Waals surface area contributed by atoms with E-state index in [0.29, 0.717) is 6.42 Å². The van der Waals surface area contributed by atoms with Gasteiger partial charge in [0, 0.05) is 13.0 Å². The van der Waals surface area contributed by atoms with Gasteiger partial charge in [0.15, 0.2) is 0 Å². The molecule has 6 heteroatoms. The molecular formula is C19H42N4O2. The molecule has 0 saturated heterocycles. The summed E-state index contributed by atoms with van der Waals surface area (Å²) in [5.74, 6) is -0.568. The van der Waals surface area contributed by atoms with Crippen molar-refractivity contribution in [3.8, 4) is 0 Å². The van der Waals surface area contributed by atoms with Crippen LogP contribution in [0.25, 0.3) is 0 Å². The van der Waals surface area contributed by atoms with E-state index in [9.17, 15) is 4.79 Å². The molecule has 0 aliphatic heterocycles. The first kappa shape index (κ1) is 25.8. The molecule has 0 bridgehead atoms. The van der Waals surface area contributed by atoms with E-state index < -0.39 is 5.97 Å². The highest BCUT2D eigenvalue weighted by Gasteiger charge is 1.94. The van der Waals surface area contributed by atoms with Crippen LogP contribution in [0.2, 0.25) is 0 Å². The number of guanidine groups is 1. The lowest BCUT2D eigenvalue weighted by Crippen LogP contribution is -2.26. The van der Waals surface area contributed by atoms with Crippen molar-refractivity contribution < 1.29 is 9.90 Å². The maximum atomic E-state index is 9.96. The Kier molecular flexibility index (Phi) is 23.2. The van der Waals surface area contributed by atoms with Crippen molar-refractivity contribution in [2.75, 3.05) is 6.54 Å². The second-order valence-electron chi connectivity index (χ2n) is 6.48. The van der Waals surface area contributed by atoms with Gasteiger partial charge in [0.25, 0.3) is 0 Å². The molecule has 0 amide bonds. The average molecular weight is 359 g/mol. The van der Waals surface area contributed by atoms with E-state index in [0.717, 1.165) is 32.2 Å². The van der Waals surface area contributed by atoms with Gasteiger partial charge in [-0.05, 0) is 12.8 Å². The number of rotatable bonds is 16. The molecule has 25 heavy (non-hydrogen) atoms. The average Bonchev–Trinajstić information content (AvgIpc) is 2.57. The summed E-state index contributed by atoms with van der Waals surface area (Å²) in [5, 5.41) is 11.9. The summed E-state index contributed by atoms with van der Waals surface area (Å²) in [6.45, 7) is 5.23. The predicted molar refractivity (Wildman–Crippen MR) is 107 cm³/mol. The van der Waals surface area contributed by atoms with Crippen LogP contribution < -0.4 is 16.9 Å². The van der Waals surface area contributed by atoms with Gasteiger partial charge in [-0.25, -0.2) is 0 Å². The van der Waals surface area contributed by atoms with Crippen molar-refractivity contribution >= 4 is 11.9 Å². The maximum absolute atomic E-state index is 9.96. The Morgan fingerprint density at radius 1 is 0.800 bits per heavy atom. The lowest BCUT2D eigenvalue weighted by Gasteiger charge is -2.02. The van der Waals surface area contributed by atoms with Gasteiger partial charge in [-0.2, -0.15) is 0 Å². The first-order valence-electron chi connectivity index (χ1n) is 10.1. The molecule has 0 aliphatic carbocycles. The fourth-order valence-electron chi connectivity index (χ4n) is 2.36. The van der Waals surface area contributed by atoms with E-state index in [1.54, 1.807) is 0 Å². The lowest BCUT2D eigenvalue weighted by molar-refractivity contribution is -0.137. The van der Waals surface area contributed by atoms with E-state index in [1.807, 2.05) is 0 Å². The van der Waals surface area contributed by atoms with Crippen LogP contribution >= 0.6 is 0 Å². The van der Waals surface area contributed by atoms with Crippen molar-refractivity contribution in [2.24, 2.45) is 16.6 Å². The predicted octanol–water partition coefficient (Wildman–Crippen LogP) is 4.34. The van der Waals surface area contributed by atoms with E-state index >= 15 is 0 Å². The van der Waals surface area contributed by atoms with Crippen molar-refractivity contribution in [2.45, 2.75) is 104 Å². The molecule has 0 rings (SSSR count). The highest BCUT2D eigenvalue weighted by Crippen LogP contribution is 2.09. The van der Waals surface area contributed by atoms with E-state index in [4.69, 9.17) is 16.6 Å². The monoisotopic (exact) mass is 358 g/mol. The smallest absolute Gasteiger partial charge is 0.303 e. The number of hydrogen-bond acceptors (Lipinski definition) is 3. The lowest BCUT2D eigenvalue weighted by atomic mass is 10.1. The molecule has 0 saturated carbocycles. The van der Waals surface area contributed by atoms with Crippen LogP contribution in [-0.2, 0) is 4.79 Å². The largest absolute Gasteiger partial charge is 0.481 e. The number of unbranched alkanes of at least 4 members (excludes halogenated alkanes) is 11. The minimum atomic E-state index is -0.675. The van der Waals surface area contributed by atoms with Crippen molar-refractivity contribution in [3.63, 3.8) is 0 Å². The SMILES string of the molecule is CCCCCCC(=O)O.CCCCCCCCCCCNN=C(N)N. The van der Waals surface area contributed by atoms with Gasteiger partial charge in [-0.1, -0.05) is 84.5 Å². The molecular weight excluding hydrogens is 316 g/mol. The molecule has 150 valence electrons. The van der Waals surface area contributed by atoms with Gasteiger partial charge in [0.1, 0.15) is 0 Å². The minimum Gasteiger partial charge on any atom is -0.481 e. The molecule has 6 nitrogen and oxygen atoms in total. The number of nitrogens with zero attached hydrogens (tertiary/aromatic N) is 1. The Morgan fingerprint density at radius 3 is 1.68 bits per heavy atom. The summed E-state index contributed by atoms with van der Waals surface area (Å²) in [4.78, 5) is 9.96. The summed E-state index contributed by atoms with van der Waals surface area (Å²) in [7, 11) is 0. The maximum Gasteiger partial charge on any atom is 0.303 e. The zero-order chi connectivity index (χ0) is 19.2.